The van der Waals surface area contributed by atoms with E-state index in [2.05, 4.69) is 11.4 Å². The third-order valence-electron chi connectivity index (χ3n) is 3.72. The van der Waals surface area contributed by atoms with Crippen LogP contribution in [0.4, 0.5) is 4.39 Å². The fourth-order valence-corrected chi connectivity index (χ4v) is 2.20. The van der Waals surface area contributed by atoms with Crippen LogP contribution < -0.4 is 5.32 Å². The van der Waals surface area contributed by atoms with E-state index in [4.69, 9.17) is 5.26 Å². The number of benzene rings is 1. The van der Waals surface area contributed by atoms with Crippen LogP contribution in [0.2, 0.25) is 0 Å². The predicted molar refractivity (Wildman–Crippen MR) is 69.6 cm³/mol. The van der Waals surface area contributed by atoms with Gasteiger partial charge in [0.2, 0.25) is 0 Å². The fourth-order valence-electron chi connectivity index (χ4n) is 2.20. The van der Waals surface area contributed by atoms with Gasteiger partial charge in [0.15, 0.2) is 0 Å². The Hall–Kier alpha value is -1.40. The summed E-state index contributed by atoms with van der Waals surface area (Å²) >= 11 is 0. The minimum absolute atomic E-state index is 0.148. The summed E-state index contributed by atoms with van der Waals surface area (Å²) in [5.74, 6) is -0.161. The van der Waals surface area contributed by atoms with Crippen LogP contribution in [0.3, 0.4) is 0 Å². The van der Waals surface area contributed by atoms with Crippen LogP contribution in [0.1, 0.15) is 32.3 Å². The van der Waals surface area contributed by atoms with Gasteiger partial charge in [-0.15, -0.1) is 0 Å². The molecule has 18 heavy (non-hydrogen) atoms. The monoisotopic (exact) mass is 246 g/mol. The first-order chi connectivity index (χ1) is 8.49. The second-order valence-corrected chi connectivity index (χ2v) is 5.86. The third-order valence-corrected chi connectivity index (χ3v) is 3.72. The Labute approximate surface area is 108 Å². The molecule has 2 rings (SSSR count). The van der Waals surface area contributed by atoms with Crippen molar-refractivity contribution in [3.63, 3.8) is 0 Å². The maximum Gasteiger partial charge on any atom is 0.126 e. The standard InChI is InChI=1S/C15H19FN2/c1-14(2,12-5-3-4-6-13(12)16)10-18-11-15(9-17)7-8-15/h3-6,18H,7-8,10-11H2,1-2H3. The van der Waals surface area contributed by atoms with Crippen LogP contribution in [-0.4, -0.2) is 13.1 Å². The molecule has 0 atom stereocenters. The molecular weight excluding hydrogens is 227 g/mol. The van der Waals surface area contributed by atoms with Gasteiger partial charge in [0.1, 0.15) is 5.82 Å². The highest BCUT2D eigenvalue weighted by molar-refractivity contribution is 5.26. The quantitative estimate of drug-likeness (QED) is 0.867. The van der Waals surface area contributed by atoms with Gasteiger partial charge in [-0.1, -0.05) is 32.0 Å². The summed E-state index contributed by atoms with van der Waals surface area (Å²) in [6, 6.07) is 9.24. The lowest BCUT2D eigenvalue weighted by Gasteiger charge is -2.26. The number of hydrogen-bond donors (Lipinski definition) is 1. The third kappa shape index (κ3) is 2.70. The molecule has 1 aliphatic carbocycles. The van der Waals surface area contributed by atoms with Crippen molar-refractivity contribution in [3.8, 4) is 6.07 Å². The van der Waals surface area contributed by atoms with E-state index in [-0.39, 0.29) is 16.6 Å². The highest BCUT2D eigenvalue weighted by Gasteiger charge is 2.42. The minimum Gasteiger partial charge on any atom is -0.314 e. The van der Waals surface area contributed by atoms with Gasteiger partial charge >= 0.3 is 0 Å². The topological polar surface area (TPSA) is 35.8 Å². The molecule has 1 aromatic carbocycles. The highest BCUT2D eigenvalue weighted by Crippen LogP contribution is 2.44. The number of nitriles is 1. The molecule has 0 radical (unpaired) electrons. The summed E-state index contributed by atoms with van der Waals surface area (Å²) in [4.78, 5) is 0. The summed E-state index contributed by atoms with van der Waals surface area (Å²) < 4.78 is 13.7. The number of hydrogen-bond acceptors (Lipinski definition) is 2. The maximum absolute atomic E-state index is 13.7. The van der Waals surface area contributed by atoms with Gasteiger partial charge < -0.3 is 5.32 Å². The number of nitrogens with one attached hydrogen (secondary N) is 1. The minimum atomic E-state index is -0.267. The fraction of sp³-hybridized carbons (Fsp3) is 0.533. The van der Waals surface area contributed by atoms with E-state index >= 15 is 0 Å². The Kier molecular flexibility index (Phi) is 3.41. The maximum atomic E-state index is 13.7. The van der Waals surface area contributed by atoms with Crippen LogP contribution in [0, 0.1) is 22.6 Å². The molecule has 0 aliphatic heterocycles. The average molecular weight is 246 g/mol. The summed E-state index contributed by atoms with van der Waals surface area (Å²) in [5, 5.41) is 12.3. The van der Waals surface area contributed by atoms with Crippen LogP contribution in [0.25, 0.3) is 0 Å². The van der Waals surface area contributed by atoms with Crippen molar-refractivity contribution in [2.45, 2.75) is 32.1 Å². The summed E-state index contributed by atoms with van der Waals surface area (Å²) in [6.45, 7) is 5.42. The smallest absolute Gasteiger partial charge is 0.126 e. The average Bonchev–Trinajstić information content (AvgIpc) is 3.10. The molecule has 0 unspecified atom stereocenters. The number of nitrogens with zero attached hydrogens (tertiary/aromatic N) is 1. The van der Waals surface area contributed by atoms with Gasteiger partial charge in [0.05, 0.1) is 11.5 Å². The first kappa shape index (κ1) is 13.0. The number of rotatable bonds is 5. The zero-order chi connectivity index (χ0) is 13.2. The molecule has 1 fully saturated rings. The molecule has 0 aromatic heterocycles. The molecule has 1 aromatic rings. The van der Waals surface area contributed by atoms with Gasteiger partial charge in [-0.2, -0.15) is 5.26 Å². The molecule has 0 saturated heterocycles. The van der Waals surface area contributed by atoms with Crippen molar-refractivity contribution in [2.24, 2.45) is 5.41 Å². The summed E-state index contributed by atoms with van der Waals surface area (Å²) in [6.07, 6.45) is 1.97. The lowest BCUT2D eigenvalue weighted by molar-refractivity contribution is 0.426. The lowest BCUT2D eigenvalue weighted by Crippen LogP contribution is -2.36. The van der Waals surface area contributed by atoms with Crippen molar-refractivity contribution in [1.29, 1.82) is 5.26 Å². The second-order valence-electron chi connectivity index (χ2n) is 5.86. The first-order valence-electron chi connectivity index (χ1n) is 6.36. The molecule has 1 saturated carbocycles. The lowest BCUT2D eigenvalue weighted by atomic mass is 9.84. The SMILES string of the molecule is CC(C)(CNCC1(C#N)CC1)c1ccccc1F. The van der Waals surface area contributed by atoms with E-state index in [0.717, 1.165) is 18.4 Å². The van der Waals surface area contributed by atoms with Gasteiger partial charge in [-0.3, -0.25) is 0 Å². The molecule has 0 bridgehead atoms. The summed E-state index contributed by atoms with van der Waals surface area (Å²) in [7, 11) is 0. The molecule has 1 N–H and O–H groups in total. The molecule has 0 amide bonds. The highest BCUT2D eigenvalue weighted by atomic mass is 19.1. The van der Waals surface area contributed by atoms with E-state index in [1.807, 2.05) is 26.0 Å². The molecular formula is C15H19FN2. The van der Waals surface area contributed by atoms with Gasteiger partial charge in [-0.25, -0.2) is 4.39 Å². The van der Waals surface area contributed by atoms with Gasteiger partial charge in [-0.05, 0) is 24.5 Å². The van der Waals surface area contributed by atoms with Gasteiger partial charge in [0.25, 0.3) is 0 Å². The predicted octanol–water partition coefficient (Wildman–Crippen LogP) is 3.00. The van der Waals surface area contributed by atoms with Crippen molar-refractivity contribution in [3.05, 3.63) is 35.6 Å². The Bertz CT molecular complexity index is 470. The zero-order valence-electron chi connectivity index (χ0n) is 11.0. The Morgan fingerprint density at radius 2 is 2.06 bits per heavy atom. The van der Waals surface area contributed by atoms with Crippen LogP contribution in [-0.2, 0) is 5.41 Å². The van der Waals surface area contributed by atoms with Crippen molar-refractivity contribution < 1.29 is 4.39 Å². The van der Waals surface area contributed by atoms with E-state index < -0.39 is 0 Å². The molecule has 96 valence electrons. The Balaban J connectivity index is 1.96. The normalized spacial score (nSPS) is 17.2. The van der Waals surface area contributed by atoms with Crippen LogP contribution >= 0.6 is 0 Å². The molecule has 0 spiro atoms. The molecule has 0 heterocycles. The summed E-state index contributed by atoms with van der Waals surface area (Å²) in [5.41, 5.74) is 0.307. The zero-order valence-corrected chi connectivity index (χ0v) is 11.0. The molecule has 2 nitrogen and oxygen atoms in total. The van der Waals surface area contributed by atoms with E-state index in [1.165, 1.54) is 6.07 Å². The molecule has 3 heteroatoms. The van der Waals surface area contributed by atoms with Crippen molar-refractivity contribution >= 4 is 0 Å². The van der Waals surface area contributed by atoms with Crippen molar-refractivity contribution in [2.75, 3.05) is 13.1 Å². The number of halogens is 1. The van der Waals surface area contributed by atoms with E-state index in [1.54, 1.807) is 6.07 Å². The van der Waals surface area contributed by atoms with E-state index in [9.17, 15) is 4.39 Å². The van der Waals surface area contributed by atoms with Crippen LogP contribution in [0.15, 0.2) is 24.3 Å². The molecule has 1 aliphatic rings. The Morgan fingerprint density at radius 3 is 2.61 bits per heavy atom. The van der Waals surface area contributed by atoms with Crippen molar-refractivity contribution in [1.82, 2.24) is 5.32 Å². The first-order valence-corrected chi connectivity index (χ1v) is 6.36. The largest absolute Gasteiger partial charge is 0.314 e. The van der Waals surface area contributed by atoms with Crippen LogP contribution in [0.5, 0.6) is 0 Å². The Morgan fingerprint density at radius 1 is 1.39 bits per heavy atom. The second kappa shape index (κ2) is 4.70. The van der Waals surface area contributed by atoms with Gasteiger partial charge in [0, 0.05) is 18.5 Å². The van der Waals surface area contributed by atoms with E-state index in [0.29, 0.717) is 13.1 Å².